The highest BCUT2D eigenvalue weighted by atomic mass is 16.1. The molecule has 1 aliphatic carbocycles. The summed E-state index contributed by atoms with van der Waals surface area (Å²) in [6, 6.07) is 0.688. The standard InChI is InChI=1S/C11H22N2O/c1-9(2)8-13-11(14)6-7-12-10-4-3-5-10/h9-10,12H,3-8H2,1-2H3,(H,13,14). The average molecular weight is 198 g/mol. The molecule has 1 aliphatic rings. The van der Waals surface area contributed by atoms with Crippen molar-refractivity contribution in [3.63, 3.8) is 0 Å². The number of rotatable bonds is 6. The Bertz CT molecular complexity index is 176. The monoisotopic (exact) mass is 198 g/mol. The van der Waals surface area contributed by atoms with Crippen LogP contribution < -0.4 is 10.6 Å². The highest BCUT2D eigenvalue weighted by Crippen LogP contribution is 2.17. The Hall–Kier alpha value is -0.570. The molecule has 1 rings (SSSR count). The van der Waals surface area contributed by atoms with Crippen molar-refractivity contribution in [2.24, 2.45) is 5.92 Å². The normalized spacial score (nSPS) is 16.8. The largest absolute Gasteiger partial charge is 0.356 e. The van der Waals surface area contributed by atoms with Crippen molar-refractivity contribution in [3.05, 3.63) is 0 Å². The van der Waals surface area contributed by atoms with Crippen molar-refractivity contribution in [3.8, 4) is 0 Å². The third kappa shape index (κ3) is 4.61. The number of nitrogens with one attached hydrogen (secondary N) is 2. The van der Waals surface area contributed by atoms with E-state index in [2.05, 4.69) is 24.5 Å². The molecule has 0 atom stereocenters. The molecule has 2 N–H and O–H groups in total. The van der Waals surface area contributed by atoms with Crippen molar-refractivity contribution in [2.45, 2.75) is 45.6 Å². The lowest BCUT2D eigenvalue weighted by molar-refractivity contribution is -0.121. The van der Waals surface area contributed by atoms with Crippen LogP contribution in [0.2, 0.25) is 0 Å². The van der Waals surface area contributed by atoms with Crippen LogP contribution in [0.1, 0.15) is 39.5 Å². The molecule has 0 aromatic rings. The Morgan fingerprint density at radius 2 is 2.14 bits per heavy atom. The predicted molar refractivity (Wildman–Crippen MR) is 58.1 cm³/mol. The smallest absolute Gasteiger partial charge is 0.221 e. The summed E-state index contributed by atoms with van der Waals surface area (Å²) in [5.74, 6) is 0.712. The molecule has 0 heterocycles. The fraction of sp³-hybridized carbons (Fsp3) is 0.909. The van der Waals surface area contributed by atoms with Crippen molar-refractivity contribution in [1.29, 1.82) is 0 Å². The van der Waals surface area contributed by atoms with Gasteiger partial charge in [0.2, 0.25) is 5.91 Å². The van der Waals surface area contributed by atoms with Crippen LogP contribution in [-0.4, -0.2) is 25.0 Å². The molecule has 0 unspecified atom stereocenters. The van der Waals surface area contributed by atoms with Gasteiger partial charge in [0.15, 0.2) is 0 Å². The second-order valence-electron chi connectivity index (χ2n) is 4.53. The minimum atomic E-state index is 0.172. The van der Waals surface area contributed by atoms with E-state index in [1.807, 2.05) is 0 Å². The summed E-state index contributed by atoms with van der Waals surface area (Å²) in [4.78, 5) is 11.3. The molecule has 0 radical (unpaired) electrons. The maximum atomic E-state index is 11.3. The molecule has 1 saturated carbocycles. The predicted octanol–water partition coefficient (Wildman–Crippen LogP) is 1.29. The van der Waals surface area contributed by atoms with Crippen molar-refractivity contribution in [2.75, 3.05) is 13.1 Å². The minimum absolute atomic E-state index is 0.172. The van der Waals surface area contributed by atoms with Crippen LogP contribution in [0, 0.1) is 5.92 Å². The molecule has 3 heteroatoms. The number of hydrogen-bond donors (Lipinski definition) is 2. The molecule has 0 aromatic heterocycles. The molecule has 0 aromatic carbocycles. The van der Waals surface area contributed by atoms with Crippen LogP contribution in [0.25, 0.3) is 0 Å². The van der Waals surface area contributed by atoms with Crippen LogP contribution in [0.15, 0.2) is 0 Å². The summed E-state index contributed by atoms with van der Waals surface area (Å²) in [5, 5.41) is 6.29. The molecule has 3 nitrogen and oxygen atoms in total. The first-order valence-corrected chi connectivity index (χ1v) is 5.68. The summed E-state index contributed by atoms with van der Waals surface area (Å²) in [6.45, 7) is 5.83. The minimum Gasteiger partial charge on any atom is -0.356 e. The summed E-state index contributed by atoms with van der Waals surface area (Å²) >= 11 is 0. The third-order valence-electron chi connectivity index (χ3n) is 2.60. The topological polar surface area (TPSA) is 41.1 Å². The maximum Gasteiger partial charge on any atom is 0.221 e. The van der Waals surface area contributed by atoms with E-state index in [9.17, 15) is 4.79 Å². The molecular weight excluding hydrogens is 176 g/mol. The van der Waals surface area contributed by atoms with Gasteiger partial charge in [0, 0.05) is 25.6 Å². The zero-order chi connectivity index (χ0) is 10.4. The number of carbonyl (C=O) groups excluding carboxylic acids is 1. The van der Waals surface area contributed by atoms with Gasteiger partial charge in [-0.05, 0) is 18.8 Å². The summed E-state index contributed by atoms with van der Waals surface area (Å²) in [7, 11) is 0. The van der Waals surface area contributed by atoms with Gasteiger partial charge in [-0.25, -0.2) is 0 Å². The van der Waals surface area contributed by atoms with Crippen molar-refractivity contribution < 1.29 is 4.79 Å². The lowest BCUT2D eigenvalue weighted by atomic mass is 9.93. The van der Waals surface area contributed by atoms with Crippen LogP contribution in [0.4, 0.5) is 0 Å². The van der Waals surface area contributed by atoms with E-state index in [0.29, 0.717) is 18.4 Å². The summed E-state index contributed by atoms with van der Waals surface area (Å²) in [6.07, 6.45) is 4.53. The fourth-order valence-corrected chi connectivity index (χ4v) is 1.41. The molecule has 0 saturated heterocycles. The zero-order valence-electron chi connectivity index (χ0n) is 9.31. The van der Waals surface area contributed by atoms with Gasteiger partial charge in [0.05, 0.1) is 0 Å². The molecule has 0 spiro atoms. The zero-order valence-corrected chi connectivity index (χ0v) is 9.31. The molecular formula is C11H22N2O. The van der Waals surface area contributed by atoms with Gasteiger partial charge >= 0.3 is 0 Å². The number of hydrogen-bond acceptors (Lipinski definition) is 2. The van der Waals surface area contributed by atoms with E-state index in [1.54, 1.807) is 0 Å². The Balaban J connectivity index is 1.91. The molecule has 1 fully saturated rings. The van der Waals surface area contributed by atoms with E-state index >= 15 is 0 Å². The van der Waals surface area contributed by atoms with Gasteiger partial charge in [0.25, 0.3) is 0 Å². The lowest BCUT2D eigenvalue weighted by Gasteiger charge is -2.26. The van der Waals surface area contributed by atoms with Crippen molar-refractivity contribution >= 4 is 5.91 Å². The van der Waals surface area contributed by atoms with E-state index < -0.39 is 0 Å². The highest BCUT2D eigenvalue weighted by Gasteiger charge is 2.16. The summed E-state index contributed by atoms with van der Waals surface area (Å²) in [5.41, 5.74) is 0. The van der Waals surface area contributed by atoms with Gasteiger partial charge in [-0.1, -0.05) is 20.3 Å². The second-order valence-corrected chi connectivity index (χ2v) is 4.53. The average Bonchev–Trinajstić information content (AvgIpc) is 2.06. The Labute approximate surface area is 86.6 Å². The Morgan fingerprint density at radius 3 is 2.64 bits per heavy atom. The maximum absolute atomic E-state index is 11.3. The van der Waals surface area contributed by atoms with Gasteiger partial charge in [-0.15, -0.1) is 0 Å². The van der Waals surface area contributed by atoms with Gasteiger partial charge < -0.3 is 10.6 Å². The Kier molecular flexibility index (Phi) is 4.94. The van der Waals surface area contributed by atoms with Crippen LogP contribution in [-0.2, 0) is 4.79 Å². The SMILES string of the molecule is CC(C)CNC(=O)CCNC1CCC1. The molecule has 1 amide bonds. The molecule has 14 heavy (non-hydrogen) atoms. The van der Waals surface area contributed by atoms with Crippen LogP contribution in [0.3, 0.4) is 0 Å². The third-order valence-corrected chi connectivity index (χ3v) is 2.60. The van der Waals surface area contributed by atoms with Gasteiger partial charge in [-0.3, -0.25) is 4.79 Å². The first-order chi connectivity index (χ1) is 6.68. The Morgan fingerprint density at radius 1 is 1.43 bits per heavy atom. The first kappa shape index (κ1) is 11.5. The van der Waals surface area contributed by atoms with E-state index in [0.717, 1.165) is 13.1 Å². The molecule has 82 valence electrons. The molecule has 0 aliphatic heterocycles. The fourth-order valence-electron chi connectivity index (χ4n) is 1.41. The van der Waals surface area contributed by atoms with E-state index in [-0.39, 0.29) is 5.91 Å². The van der Waals surface area contributed by atoms with Crippen LogP contribution in [0.5, 0.6) is 0 Å². The lowest BCUT2D eigenvalue weighted by Crippen LogP contribution is -2.38. The van der Waals surface area contributed by atoms with Crippen molar-refractivity contribution in [1.82, 2.24) is 10.6 Å². The summed E-state index contributed by atoms with van der Waals surface area (Å²) < 4.78 is 0. The number of carbonyl (C=O) groups is 1. The van der Waals surface area contributed by atoms with E-state index in [4.69, 9.17) is 0 Å². The number of amides is 1. The van der Waals surface area contributed by atoms with Crippen LogP contribution >= 0.6 is 0 Å². The quantitative estimate of drug-likeness (QED) is 0.675. The molecule has 0 bridgehead atoms. The van der Waals surface area contributed by atoms with Gasteiger partial charge in [0.1, 0.15) is 0 Å². The van der Waals surface area contributed by atoms with Gasteiger partial charge in [-0.2, -0.15) is 0 Å². The highest BCUT2D eigenvalue weighted by molar-refractivity contribution is 5.76. The first-order valence-electron chi connectivity index (χ1n) is 5.68. The second kappa shape index (κ2) is 6.02. The van der Waals surface area contributed by atoms with E-state index in [1.165, 1.54) is 19.3 Å².